The van der Waals surface area contributed by atoms with Crippen LogP contribution in [0.25, 0.3) is 0 Å². The van der Waals surface area contributed by atoms with Crippen LogP contribution in [0.1, 0.15) is 12.8 Å². The van der Waals surface area contributed by atoms with Crippen molar-refractivity contribution in [3.05, 3.63) is 0 Å². The second kappa shape index (κ2) is 7.15. The van der Waals surface area contributed by atoms with Crippen molar-refractivity contribution in [2.24, 2.45) is 0 Å². The molecule has 0 amide bonds. The highest BCUT2D eigenvalue weighted by Crippen LogP contribution is 2.19. The van der Waals surface area contributed by atoms with Crippen molar-refractivity contribution in [3.8, 4) is 0 Å². The number of hydrogen-bond donors (Lipinski definition) is 1. The summed E-state index contributed by atoms with van der Waals surface area (Å²) in [6, 6.07) is 0.135. The van der Waals surface area contributed by atoms with Gasteiger partial charge in [0.2, 0.25) is 0 Å². The van der Waals surface area contributed by atoms with Crippen LogP contribution in [0.4, 0.5) is 13.2 Å². The standard InChI is InChI=1S/C10H19F3N2O2/c1-16-6-7-17-14-9-2-4-15(5-3-9)8-10(11,12)13/h9,14H,2-8H2,1H3. The molecule has 1 fully saturated rings. The SMILES string of the molecule is COCCONC1CCN(CC(F)(F)F)CC1. The van der Waals surface area contributed by atoms with Gasteiger partial charge in [-0.15, -0.1) is 0 Å². The Labute approximate surface area is 99.0 Å². The fraction of sp³-hybridized carbons (Fsp3) is 1.00. The van der Waals surface area contributed by atoms with Crippen LogP contribution in [0, 0.1) is 0 Å². The Morgan fingerprint density at radius 1 is 1.24 bits per heavy atom. The minimum Gasteiger partial charge on any atom is -0.382 e. The molecule has 1 rings (SSSR count). The Morgan fingerprint density at radius 3 is 2.41 bits per heavy atom. The van der Waals surface area contributed by atoms with E-state index < -0.39 is 12.7 Å². The smallest absolute Gasteiger partial charge is 0.382 e. The van der Waals surface area contributed by atoms with Crippen LogP contribution in [0.2, 0.25) is 0 Å². The van der Waals surface area contributed by atoms with E-state index in [2.05, 4.69) is 5.48 Å². The van der Waals surface area contributed by atoms with Gasteiger partial charge >= 0.3 is 6.18 Å². The van der Waals surface area contributed by atoms with Crippen LogP contribution >= 0.6 is 0 Å². The molecule has 7 heteroatoms. The summed E-state index contributed by atoms with van der Waals surface area (Å²) in [5, 5.41) is 0. The molecule has 0 atom stereocenters. The number of ether oxygens (including phenoxy) is 1. The molecule has 4 nitrogen and oxygen atoms in total. The second-order valence-electron chi connectivity index (χ2n) is 4.12. The number of hydroxylamine groups is 1. The number of nitrogens with one attached hydrogen (secondary N) is 1. The highest BCUT2D eigenvalue weighted by Gasteiger charge is 2.32. The van der Waals surface area contributed by atoms with Crippen molar-refractivity contribution in [1.82, 2.24) is 10.4 Å². The first kappa shape index (κ1) is 14.7. The minimum absolute atomic E-state index is 0.135. The molecule has 1 N–H and O–H groups in total. The summed E-state index contributed by atoms with van der Waals surface area (Å²) in [7, 11) is 1.58. The van der Waals surface area contributed by atoms with Crippen LogP contribution in [-0.2, 0) is 9.57 Å². The largest absolute Gasteiger partial charge is 0.401 e. The van der Waals surface area contributed by atoms with E-state index in [9.17, 15) is 13.2 Å². The molecule has 0 radical (unpaired) electrons. The van der Waals surface area contributed by atoms with Gasteiger partial charge in [-0.3, -0.25) is 9.74 Å². The van der Waals surface area contributed by atoms with Crippen LogP contribution in [0.3, 0.4) is 0 Å². The van der Waals surface area contributed by atoms with E-state index in [1.165, 1.54) is 4.90 Å². The Morgan fingerprint density at radius 2 is 1.88 bits per heavy atom. The average molecular weight is 256 g/mol. The Bertz CT molecular complexity index is 206. The van der Waals surface area contributed by atoms with Gasteiger partial charge in [-0.05, 0) is 12.8 Å². The lowest BCUT2D eigenvalue weighted by molar-refractivity contribution is -0.149. The van der Waals surface area contributed by atoms with Crippen LogP contribution in [0.15, 0.2) is 0 Å². The topological polar surface area (TPSA) is 33.7 Å². The first-order valence-electron chi connectivity index (χ1n) is 5.66. The molecule has 1 aliphatic heterocycles. The van der Waals surface area contributed by atoms with Gasteiger partial charge in [0, 0.05) is 26.2 Å². The Hall–Kier alpha value is -0.370. The maximum absolute atomic E-state index is 12.1. The lowest BCUT2D eigenvalue weighted by Crippen LogP contribution is -2.45. The van der Waals surface area contributed by atoms with Gasteiger partial charge in [0.15, 0.2) is 0 Å². The maximum atomic E-state index is 12.1. The second-order valence-corrected chi connectivity index (χ2v) is 4.12. The van der Waals surface area contributed by atoms with Gasteiger partial charge in [0.1, 0.15) is 0 Å². The van der Waals surface area contributed by atoms with Crippen LogP contribution < -0.4 is 5.48 Å². The summed E-state index contributed by atoms with van der Waals surface area (Å²) in [5.74, 6) is 0. The molecule has 1 saturated heterocycles. The number of piperidine rings is 1. The number of alkyl halides is 3. The van der Waals surface area contributed by atoms with E-state index in [-0.39, 0.29) is 6.04 Å². The zero-order valence-corrected chi connectivity index (χ0v) is 9.92. The van der Waals surface area contributed by atoms with E-state index in [0.29, 0.717) is 39.1 Å². The van der Waals surface area contributed by atoms with Crippen molar-refractivity contribution < 1.29 is 22.7 Å². The van der Waals surface area contributed by atoms with Gasteiger partial charge < -0.3 is 4.74 Å². The number of likely N-dealkylation sites (tertiary alicyclic amines) is 1. The summed E-state index contributed by atoms with van der Waals surface area (Å²) in [6.07, 6.45) is -2.76. The number of nitrogens with zero attached hydrogens (tertiary/aromatic N) is 1. The zero-order chi connectivity index (χ0) is 12.7. The molecular formula is C10H19F3N2O2. The van der Waals surface area contributed by atoms with E-state index in [4.69, 9.17) is 9.57 Å². The maximum Gasteiger partial charge on any atom is 0.401 e. The molecule has 0 unspecified atom stereocenters. The molecule has 0 saturated carbocycles. The molecule has 0 bridgehead atoms. The Kier molecular flexibility index (Phi) is 6.18. The van der Waals surface area contributed by atoms with Crippen molar-refractivity contribution in [3.63, 3.8) is 0 Å². The van der Waals surface area contributed by atoms with Crippen LogP contribution in [-0.4, -0.2) is 57.1 Å². The molecule has 0 aromatic heterocycles. The third-order valence-corrected chi connectivity index (χ3v) is 2.63. The predicted molar refractivity (Wildman–Crippen MR) is 56.5 cm³/mol. The molecular weight excluding hydrogens is 237 g/mol. The van der Waals surface area contributed by atoms with Crippen molar-refractivity contribution >= 4 is 0 Å². The summed E-state index contributed by atoms with van der Waals surface area (Å²) >= 11 is 0. The van der Waals surface area contributed by atoms with Crippen LogP contribution in [0.5, 0.6) is 0 Å². The fourth-order valence-corrected chi connectivity index (χ4v) is 1.76. The van der Waals surface area contributed by atoms with E-state index in [1.54, 1.807) is 7.11 Å². The lowest BCUT2D eigenvalue weighted by Gasteiger charge is -2.32. The third kappa shape index (κ3) is 6.82. The summed E-state index contributed by atoms with van der Waals surface area (Å²) in [6.45, 7) is 1.03. The molecule has 102 valence electrons. The van der Waals surface area contributed by atoms with Crippen molar-refractivity contribution in [2.75, 3.05) is 40.0 Å². The number of hydrogen-bond acceptors (Lipinski definition) is 4. The fourth-order valence-electron chi connectivity index (χ4n) is 1.76. The zero-order valence-electron chi connectivity index (χ0n) is 9.92. The van der Waals surface area contributed by atoms with E-state index in [1.807, 2.05) is 0 Å². The van der Waals surface area contributed by atoms with E-state index in [0.717, 1.165) is 0 Å². The molecule has 17 heavy (non-hydrogen) atoms. The molecule has 1 aliphatic rings. The normalized spacial score (nSPS) is 19.8. The number of rotatable bonds is 6. The van der Waals surface area contributed by atoms with Gasteiger partial charge in [0.25, 0.3) is 0 Å². The average Bonchev–Trinajstić information content (AvgIpc) is 2.25. The van der Waals surface area contributed by atoms with Gasteiger partial charge in [-0.25, -0.2) is 0 Å². The molecule has 1 heterocycles. The predicted octanol–water partition coefficient (Wildman–Crippen LogP) is 1.18. The highest BCUT2D eigenvalue weighted by atomic mass is 19.4. The van der Waals surface area contributed by atoms with Gasteiger partial charge in [-0.1, -0.05) is 0 Å². The van der Waals surface area contributed by atoms with Gasteiger partial charge in [0.05, 0.1) is 19.8 Å². The molecule has 0 spiro atoms. The lowest BCUT2D eigenvalue weighted by atomic mass is 10.1. The molecule has 0 aromatic carbocycles. The first-order valence-corrected chi connectivity index (χ1v) is 5.66. The molecule has 0 aliphatic carbocycles. The summed E-state index contributed by atoms with van der Waals surface area (Å²) in [4.78, 5) is 6.56. The van der Waals surface area contributed by atoms with Gasteiger partial charge in [-0.2, -0.15) is 18.7 Å². The van der Waals surface area contributed by atoms with E-state index >= 15 is 0 Å². The summed E-state index contributed by atoms with van der Waals surface area (Å²) < 4.78 is 41.2. The first-order chi connectivity index (χ1) is 8.01. The Balaban J connectivity index is 2.09. The summed E-state index contributed by atoms with van der Waals surface area (Å²) in [5.41, 5.74) is 2.85. The minimum atomic E-state index is -4.10. The number of methoxy groups -OCH3 is 1. The highest BCUT2D eigenvalue weighted by molar-refractivity contribution is 4.76. The van der Waals surface area contributed by atoms with Crippen molar-refractivity contribution in [1.29, 1.82) is 0 Å². The molecule has 0 aromatic rings. The monoisotopic (exact) mass is 256 g/mol. The third-order valence-electron chi connectivity index (χ3n) is 2.63. The van der Waals surface area contributed by atoms with Crippen molar-refractivity contribution in [2.45, 2.75) is 25.1 Å². The number of halogens is 3. The quantitative estimate of drug-likeness (QED) is 0.571.